The minimum atomic E-state index is 0.189. The normalized spacial score (nSPS) is 10.5. The molecule has 3 heteroatoms. The van der Waals surface area contributed by atoms with Crippen molar-refractivity contribution in [3.63, 3.8) is 0 Å². The second-order valence-electron chi connectivity index (χ2n) is 4.04. The zero-order chi connectivity index (χ0) is 12.0. The second kappa shape index (κ2) is 6.51. The summed E-state index contributed by atoms with van der Waals surface area (Å²) in [5, 5.41) is 12.2. The first kappa shape index (κ1) is 13.0. The van der Waals surface area contributed by atoms with Gasteiger partial charge in [-0.2, -0.15) is 0 Å². The Kier molecular flexibility index (Phi) is 5.29. The van der Waals surface area contributed by atoms with E-state index in [9.17, 15) is 0 Å². The number of benzene rings is 1. The summed E-state index contributed by atoms with van der Waals surface area (Å²) in [4.78, 5) is 2.06. The average Bonchev–Trinajstić information content (AvgIpc) is 2.27. The maximum Gasteiger partial charge on any atom is 0.0606 e. The molecule has 0 aromatic heterocycles. The summed E-state index contributed by atoms with van der Waals surface area (Å²) in [6.45, 7) is 7.01. The van der Waals surface area contributed by atoms with Gasteiger partial charge in [0, 0.05) is 25.8 Å². The van der Waals surface area contributed by atoms with Gasteiger partial charge in [-0.05, 0) is 36.7 Å². The van der Waals surface area contributed by atoms with Crippen LogP contribution in [0.1, 0.15) is 18.1 Å². The Bertz CT molecular complexity index is 326. The number of anilines is 1. The van der Waals surface area contributed by atoms with Crippen LogP contribution in [0.3, 0.4) is 0 Å². The third kappa shape index (κ3) is 3.51. The van der Waals surface area contributed by atoms with E-state index in [-0.39, 0.29) is 6.61 Å². The molecule has 0 heterocycles. The van der Waals surface area contributed by atoms with Crippen molar-refractivity contribution in [2.75, 3.05) is 31.6 Å². The molecular weight excluding hydrogens is 200 g/mol. The predicted molar refractivity (Wildman–Crippen MR) is 68.9 cm³/mol. The van der Waals surface area contributed by atoms with Crippen LogP contribution in [0.5, 0.6) is 0 Å². The number of hydrogen-bond acceptors (Lipinski definition) is 3. The van der Waals surface area contributed by atoms with Crippen molar-refractivity contribution in [1.29, 1.82) is 0 Å². The van der Waals surface area contributed by atoms with Gasteiger partial charge in [-0.15, -0.1) is 0 Å². The lowest BCUT2D eigenvalue weighted by Crippen LogP contribution is -2.21. The molecule has 0 saturated carbocycles. The van der Waals surface area contributed by atoms with Crippen molar-refractivity contribution in [2.45, 2.75) is 20.4 Å². The lowest BCUT2D eigenvalue weighted by Gasteiger charge is -2.19. The number of aryl methyl sites for hydroxylation is 1. The summed E-state index contributed by atoms with van der Waals surface area (Å²) >= 11 is 0. The van der Waals surface area contributed by atoms with Gasteiger partial charge in [0.2, 0.25) is 0 Å². The van der Waals surface area contributed by atoms with E-state index in [1.165, 1.54) is 11.1 Å². The minimum absolute atomic E-state index is 0.189. The third-order valence-corrected chi connectivity index (χ3v) is 2.77. The Hall–Kier alpha value is -1.06. The Morgan fingerprint density at radius 1 is 1.38 bits per heavy atom. The average molecular weight is 222 g/mol. The van der Waals surface area contributed by atoms with E-state index in [2.05, 4.69) is 42.3 Å². The molecule has 90 valence electrons. The van der Waals surface area contributed by atoms with E-state index in [0.717, 1.165) is 18.8 Å². The van der Waals surface area contributed by atoms with E-state index in [4.69, 9.17) is 5.11 Å². The van der Waals surface area contributed by atoms with E-state index < -0.39 is 0 Å². The Labute approximate surface area is 98.1 Å². The first-order valence-corrected chi connectivity index (χ1v) is 5.81. The zero-order valence-corrected chi connectivity index (χ0v) is 10.5. The Morgan fingerprint density at radius 3 is 2.69 bits per heavy atom. The molecule has 0 fully saturated rings. The van der Waals surface area contributed by atoms with Gasteiger partial charge in [-0.1, -0.05) is 13.0 Å². The molecule has 1 aromatic rings. The van der Waals surface area contributed by atoms with Crippen LogP contribution in [0.15, 0.2) is 18.2 Å². The predicted octanol–water partition coefficient (Wildman–Crippen LogP) is 1.53. The number of rotatable bonds is 6. The number of hydrogen-bond donors (Lipinski definition) is 2. The molecule has 0 unspecified atom stereocenters. The minimum Gasteiger partial charge on any atom is -0.395 e. The monoisotopic (exact) mass is 222 g/mol. The molecule has 0 aliphatic heterocycles. The van der Waals surface area contributed by atoms with Crippen LogP contribution in [-0.4, -0.2) is 31.9 Å². The lowest BCUT2D eigenvalue weighted by molar-refractivity contribution is 0.304. The molecule has 3 nitrogen and oxygen atoms in total. The number of likely N-dealkylation sites (N-methyl/N-ethyl adjacent to an activating group) is 1. The highest BCUT2D eigenvalue weighted by Crippen LogP contribution is 2.17. The zero-order valence-electron chi connectivity index (χ0n) is 10.5. The Morgan fingerprint density at radius 2 is 2.12 bits per heavy atom. The van der Waals surface area contributed by atoms with Crippen LogP contribution < -0.4 is 10.2 Å². The van der Waals surface area contributed by atoms with Crippen molar-refractivity contribution >= 4 is 5.69 Å². The lowest BCUT2D eigenvalue weighted by atomic mass is 10.1. The maximum atomic E-state index is 8.89. The topological polar surface area (TPSA) is 35.5 Å². The fourth-order valence-electron chi connectivity index (χ4n) is 1.65. The fourth-order valence-corrected chi connectivity index (χ4v) is 1.65. The maximum absolute atomic E-state index is 8.89. The largest absolute Gasteiger partial charge is 0.395 e. The molecule has 0 atom stereocenters. The number of nitrogens with zero attached hydrogens (tertiary/aromatic N) is 1. The molecule has 1 aromatic carbocycles. The van der Waals surface area contributed by atoms with Crippen LogP contribution in [0, 0.1) is 6.92 Å². The smallest absolute Gasteiger partial charge is 0.0606 e. The van der Waals surface area contributed by atoms with Gasteiger partial charge in [-0.25, -0.2) is 0 Å². The van der Waals surface area contributed by atoms with Gasteiger partial charge >= 0.3 is 0 Å². The molecule has 0 bridgehead atoms. The third-order valence-electron chi connectivity index (χ3n) is 2.77. The Balaban J connectivity index is 2.73. The quantitative estimate of drug-likeness (QED) is 0.766. The fraction of sp³-hybridized carbons (Fsp3) is 0.538. The summed E-state index contributed by atoms with van der Waals surface area (Å²) in [5.74, 6) is 0. The van der Waals surface area contributed by atoms with Gasteiger partial charge in [0.25, 0.3) is 0 Å². The summed E-state index contributed by atoms with van der Waals surface area (Å²) in [6.07, 6.45) is 0. The highest BCUT2D eigenvalue weighted by Gasteiger charge is 2.03. The van der Waals surface area contributed by atoms with Gasteiger partial charge in [0.05, 0.1) is 6.61 Å². The number of aliphatic hydroxyl groups is 1. The molecule has 0 radical (unpaired) electrons. The molecule has 2 N–H and O–H groups in total. The van der Waals surface area contributed by atoms with E-state index >= 15 is 0 Å². The SMILES string of the molecule is CCNCc1ccc(N(C)CCO)cc1C. The van der Waals surface area contributed by atoms with Gasteiger partial charge in [0.1, 0.15) is 0 Å². The van der Waals surface area contributed by atoms with Crippen molar-refractivity contribution in [3.8, 4) is 0 Å². The van der Waals surface area contributed by atoms with Crippen molar-refractivity contribution < 1.29 is 5.11 Å². The number of nitrogens with one attached hydrogen (secondary N) is 1. The highest BCUT2D eigenvalue weighted by molar-refractivity contribution is 5.50. The molecular formula is C13H22N2O. The molecule has 0 aliphatic rings. The first-order valence-electron chi connectivity index (χ1n) is 5.81. The van der Waals surface area contributed by atoms with Crippen LogP contribution in [0.25, 0.3) is 0 Å². The van der Waals surface area contributed by atoms with Crippen LogP contribution in [0.2, 0.25) is 0 Å². The second-order valence-corrected chi connectivity index (χ2v) is 4.04. The molecule has 0 saturated heterocycles. The van der Waals surface area contributed by atoms with Gasteiger partial charge in [0.15, 0.2) is 0 Å². The summed E-state index contributed by atoms with van der Waals surface area (Å²) in [6, 6.07) is 6.43. The first-order chi connectivity index (χ1) is 7.69. The van der Waals surface area contributed by atoms with Gasteiger partial charge < -0.3 is 15.3 Å². The van der Waals surface area contributed by atoms with E-state index in [1.807, 2.05) is 7.05 Å². The van der Waals surface area contributed by atoms with Gasteiger partial charge in [-0.3, -0.25) is 0 Å². The number of aliphatic hydroxyl groups excluding tert-OH is 1. The van der Waals surface area contributed by atoms with Crippen molar-refractivity contribution in [2.24, 2.45) is 0 Å². The van der Waals surface area contributed by atoms with Crippen molar-refractivity contribution in [3.05, 3.63) is 29.3 Å². The van der Waals surface area contributed by atoms with E-state index in [1.54, 1.807) is 0 Å². The molecule has 0 aliphatic carbocycles. The molecule has 16 heavy (non-hydrogen) atoms. The van der Waals surface area contributed by atoms with Crippen LogP contribution in [0.4, 0.5) is 5.69 Å². The summed E-state index contributed by atoms with van der Waals surface area (Å²) in [5.41, 5.74) is 3.79. The van der Waals surface area contributed by atoms with Crippen molar-refractivity contribution in [1.82, 2.24) is 5.32 Å². The summed E-state index contributed by atoms with van der Waals surface area (Å²) < 4.78 is 0. The molecule has 0 amide bonds. The summed E-state index contributed by atoms with van der Waals surface area (Å²) in [7, 11) is 1.99. The molecule has 0 spiro atoms. The standard InChI is InChI=1S/C13H22N2O/c1-4-14-10-12-5-6-13(9-11(12)2)15(3)7-8-16/h5-6,9,14,16H,4,7-8,10H2,1-3H3. The van der Waals surface area contributed by atoms with E-state index in [0.29, 0.717) is 6.54 Å². The highest BCUT2D eigenvalue weighted by atomic mass is 16.3. The van der Waals surface area contributed by atoms with Crippen LogP contribution in [-0.2, 0) is 6.54 Å². The molecule has 1 rings (SSSR count). The van der Waals surface area contributed by atoms with Crippen LogP contribution >= 0.6 is 0 Å².